The molecule has 1 fully saturated rings. The number of nitrogens with one attached hydrogen (secondary N) is 2. The second kappa shape index (κ2) is 15.5. The topological polar surface area (TPSA) is 67.8 Å². The Kier molecular flexibility index (Phi) is 14.1. The molecular formula is C19H35IN4O2S. The smallest absolute Gasteiger partial charge is 0.191 e. The number of nitrogens with zero attached hydrogens (tertiary/aromatic N) is 2. The number of thiazole rings is 1. The van der Waals surface area contributed by atoms with Crippen molar-refractivity contribution in [2.45, 2.75) is 58.5 Å². The van der Waals surface area contributed by atoms with Crippen LogP contribution in [0.3, 0.4) is 0 Å². The van der Waals surface area contributed by atoms with E-state index in [0.717, 1.165) is 83.2 Å². The van der Waals surface area contributed by atoms with Crippen molar-refractivity contribution in [1.82, 2.24) is 15.6 Å². The van der Waals surface area contributed by atoms with Gasteiger partial charge < -0.3 is 20.1 Å². The van der Waals surface area contributed by atoms with E-state index in [9.17, 15) is 0 Å². The van der Waals surface area contributed by atoms with E-state index in [0.29, 0.717) is 6.10 Å². The van der Waals surface area contributed by atoms with Crippen LogP contribution in [0.5, 0.6) is 0 Å². The maximum Gasteiger partial charge on any atom is 0.191 e. The lowest BCUT2D eigenvalue weighted by atomic mass is 10.2. The number of hydrogen-bond acceptors (Lipinski definition) is 5. The zero-order valence-electron chi connectivity index (χ0n) is 16.7. The number of rotatable bonds is 12. The molecule has 0 aliphatic carbocycles. The van der Waals surface area contributed by atoms with Crippen LogP contribution in [0.2, 0.25) is 0 Å². The average molecular weight is 510 g/mol. The highest BCUT2D eigenvalue weighted by Crippen LogP contribution is 2.12. The van der Waals surface area contributed by atoms with Crippen LogP contribution in [0.25, 0.3) is 0 Å². The van der Waals surface area contributed by atoms with E-state index in [-0.39, 0.29) is 24.0 Å². The van der Waals surface area contributed by atoms with Gasteiger partial charge in [-0.3, -0.25) is 4.99 Å². The molecule has 0 radical (unpaired) electrons. The van der Waals surface area contributed by atoms with Gasteiger partial charge in [-0.05, 0) is 52.4 Å². The Morgan fingerprint density at radius 1 is 1.37 bits per heavy atom. The Balaban J connectivity index is 0.00000364. The minimum Gasteiger partial charge on any atom is -0.379 e. The normalized spacial score (nSPS) is 17.0. The molecule has 0 aromatic carbocycles. The van der Waals surface area contributed by atoms with Gasteiger partial charge >= 0.3 is 0 Å². The number of hydrogen-bond donors (Lipinski definition) is 2. The molecule has 0 saturated carbocycles. The fraction of sp³-hybridized carbons (Fsp3) is 0.789. The largest absolute Gasteiger partial charge is 0.379 e. The average Bonchev–Trinajstić information content (AvgIpc) is 3.29. The van der Waals surface area contributed by atoms with Crippen LogP contribution < -0.4 is 10.6 Å². The summed E-state index contributed by atoms with van der Waals surface area (Å²) in [5.74, 6) is 0.900. The number of halogens is 1. The lowest BCUT2D eigenvalue weighted by Gasteiger charge is -2.11. The molecule has 1 aromatic rings. The molecule has 2 N–H and O–H groups in total. The molecule has 8 heteroatoms. The molecule has 156 valence electrons. The van der Waals surface area contributed by atoms with E-state index in [1.54, 1.807) is 11.3 Å². The molecular weight excluding hydrogens is 475 g/mol. The Morgan fingerprint density at radius 2 is 2.26 bits per heavy atom. The summed E-state index contributed by atoms with van der Waals surface area (Å²) in [6.07, 6.45) is 6.88. The minimum atomic E-state index is 0. The number of aliphatic imine (C=N–C) groups is 1. The number of guanidine groups is 1. The van der Waals surface area contributed by atoms with E-state index < -0.39 is 0 Å². The Bertz CT molecular complexity index is 522. The quantitative estimate of drug-likeness (QED) is 0.195. The third kappa shape index (κ3) is 11.2. The Morgan fingerprint density at radius 3 is 2.96 bits per heavy atom. The molecule has 1 aliphatic heterocycles. The Labute approximate surface area is 184 Å². The highest BCUT2D eigenvalue weighted by molar-refractivity contribution is 14.0. The van der Waals surface area contributed by atoms with E-state index in [4.69, 9.17) is 9.47 Å². The fourth-order valence-electron chi connectivity index (χ4n) is 2.82. The molecule has 1 aliphatic rings. The number of aromatic nitrogens is 1. The van der Waals surface area contributed by atoms with Crippen LogP contribution >= 0.6 is 35.3 Å². The fourth-order valence-corrected chi connectivity index (χ4v) is 3.63. The molecule has 0 bridgehead atoms. The van der Waals surface area contributed by atoms with Crippen molar-refractivity contribution < 1.29 is 9.47 Å². The van der Waals surface area contributed by atoms with Crippen LogP contribution in [-0.2, 0) is 15.9 Å². The second-order valence-corrected chi connectivity index (χ2v) is 7.53. The van der Waals surface area contributed by atoms with Crippen LogP contribution in [0.15, 0.2) is 10.4 Å². The Hall–Kier alpha value is -0.450. The molecule has 2 rings (SSSR count). The molecule has 1 unspecified atom stereocenters. The summed E-state index contributed by atoms with van der Waals surface area (Å²) in [6.45, 7) is 9.09. The molecule has 1 saturated heterocycles. The molecule has 0 amide bonds. The van der Waals surface area contributed by atoms with E-state index >= 15 is 0 Å². The van der Waals surface area contributed by atoms with Crippen LogP contribution in [0.4, 0.5) is 0 Å². The van der Waals surface area contributed by atoms with Crippen LogP contribution in [0, 0.1) is 6.92 Å². The van der Waals surface area contributed by atoms with Gasteiger partial charge in [0.1, 0.15) is 0 Å². The summed E-state index contributed by atoms with van der Waals surface area (Å²) >= 11 is 1.76. The van der Waals surface area contributed by atoms with Crippen molar-refractivity contribution in [3.8, 4) is 0 Å². The predicted molar refractivity (Wildman–Crippen MR) is 124 cm³/mol. The van der Waals surface area contributed by atoms with Crippen LogP contribution in [-0.4, -0.2) is 56.5 Å². The third-order valence-electron chi connectivity index (χ3n) is 4.17. The monoisotopic (exact) mass is 510 g/mol. The van der Waals surface area contributed by atoms with Gasteiger partial charge in [0.2, 0.25) is 0 Å². The van der Waals surface area contributed by atoms with E-state index in [1.807, 2.05) is 6.92 Å². The van der Waals surface area contributed by atoms with Crippen LogP contribution in [0.1, 0.15) is 49.7 Å². The number of aryl methyl sites for hydroxylation is 2. The summed E-state index contributed by atoms with van der Waals surface area (Å²) in [5, 5.41) is 10.1. The summed E-state index contributed by atoms with van der Waals surface area (Å²) in [7, 11) is 0. The molecule has 6 nitrogen and oxygen atoms in total. The van der Waals surface area contributed by atoms with Gasteiger partial charge in [0.25, 0.3) is 0 Å². The third-order valence-corrected chi connectivity index (χ3v) is 5.19. The van der Waals surface area contributed by atoms with Gasteiger partial charge in [-0.25, -0.2) is 4.98 Å². The molecule has 1 atom stereocenters. The second-order valence-electron chi connectivity index (χ2n) is 6.59. The van der Waals surface area contributed by atoms with Gasteiger partial charge in [0.05, 0.1) is 17.7 Å². The van der Waals surface area contributed by atoms with E-state index in [1.165, 1.54) is 11.4 Å². The maximum absolute atomic E-state index is 5.68. The predicted octanol–water partition coefficient (Wildman–Crippen LogP) is 3.53. The molecule has 0 spiro atoms. The first-order valence-electron chi connectivity index (χ1n) is 9.90. The number of ether oxygens (including phenoxy) is 2. The molecule has 2 heterocycles. The lowest BCUT2D eigenvalue weighted by Crippen LogP contribution is -2.38. The summed E-state index contributed by atoms with van der Waals surface area (Å²) in [6, 6.07) is 0. The van der Waals surface area contributed by atoms with Crippen molar-refractivity contribution in [1.29, 1.82) is 0 Å². The summed E-state index contributed by atoms with van der Waals surface area (Å²) < 4.78 is 11.2. The summed E-state index contributed by atoms with van der Waals surface area (Å²) in [4.78, 5) is 9.12. The van der Waals surface area contributed by atoms with E-state index in [2.05, 4.69) is 32.9 Å². The molecule has 27 heavy (non-hydrogen) atoms. The van der Waals surface area contributed by atoms with Crippen molar-refractivity contribution in [3.05, 3.63) is 16.1 Å². The molecule has 1 aromatic heterocycles. The minimum absolute atomic E-state index is 0. The lowest BCUT2D eigenvalue weighted by molar-refractivity contribution is 0.0171. The van der Waals surface area contributed by atoms with Crippen molar-refractivity contribution >= 4 is 41.3 Å². The SMILES string of the molecule is CCNC(=NCCCOCC1CCCO1)NCCCCc1nc(C)cs1.I. The van der Waals surface area contributed by atoms with Gasteiger partial charge in [-0.2, -0.15) is 0 Å². The number of unbranched alkanes of at least 4 members (excludes halogenated alkanes) is 1. The highest BCUT2D eigenvalue weighted by Gasteiger charge is 2.14. The van der Waals surface area contributed by atoms with Crippen molar-refractivity contribution in [3.63, 3.8) is 0 Å². The van der Waals surface area contributed by atoms with Gasteiger partial charge in [0, 0.05) is 43.9 Å². The first-order chi connectivity index (χ1) is 12.8. The van der Waals surface area contributed by atoms with Gasteiger partial charge in [0.15, 0.2) is 5.96 Å². The first kappa shape index (κ1) is 24.6. The highest BCUT2D eigenvalue weighted by atomic mass is 127. The standard InChI is InChI=1S/C19H34N4O2S.HI/c1-3-20-19(21-10-5-4-9-18-23-16(2)15-26-18)22-11-7-12-24-14-17-8-6-13-25-17;/h15,17H,3-14H2,1-2H3,(H2,20,21,22);1H. The summed E-state index contributed by atoms with van der Waals surface area (Å²) in [5.41, 5.74) is 1.13. The van der Waals surface area contributed by atoms with Crippen molar-refractivity contribution in [2.75, 3.05) is 39.5 Å². The first-order valence-corrected chi connectivity index (χ1v) is 10.8. The zero-order valence-corrected chi connectivity index (χ0v) is 19.8. The zero-order chi connectivity index (χ0) is 18.5. The van der Waals surface area contributed by atoms with Crippen molar-refractivity contribution in [2.24, 2.45) is 4.99 Å². The maximum atomic E-state index is 5.68. The van der Waals surface area contributed by atoms with Gasteiger partial charge in [-0.15, -0.1) is 35.3 Å². The van der Waals surface area contributed by atoms with Gasteiger partial charge in [-0.1, -0.05) is 0 Å².